The molecule has 4 rings (SSSR count). The fourth-order valence-electron chi connectivity index (χ4n) is 2.10. The summed E-state index contributed by atoms with van der Waals surface area (Å²) in [5, 5.41) is 3.18. The minimum atomic E-state index is 1.16. The van der Waals surface area contributed by atoms with Crippen molar-refractivity contribution in [2.75, 3.05) is 5.32 Å². The van der Waals surface area contributed by atoms with E-state index in [9.17, 15) is 0 Å². The highest BCUT2D eigenvalue weighted by atomic mass is 32.2. The Kier molecular flexibility index (Phi) is 4.90. The van der Waals surface area contributed by atoms with E-state index in [2.05, 4.69) is 46.1 Å². The molecule has 1 N–H and O–H groups in total. The standard InChI is InChI=1S/C10H9N.C9H7NS/c1-2-7-10-9(5-1)6-3-4-8-11-10;1-2-6-9-8(4-1)5-3-7-10-11-9/h1-8,11H;1-7H. The fourth-order valence-corrected chi connectivity index (χ4v) is 2.72. The highest BCUT2D eigenvalue weighted by Crippen LogP contribution is 2.25. The number of para-hydroxylation sites is 1. The van der Waals surface area contributed by atoms with Crippen molar-refractivity contribution >= 4 is 36.0 Å². The van der Waals surface area contributed by atoms with Gasteiger partial charge in [0, 0.05) is 34.9 Å². The van der Waals surface area contributed by atoms with Gasteiger partial charge in [-0.1, -0.05) is 54.6 Å². The van der Waals surface area contributed by atoms with Gasteiger partial charge in [-0.25, -0.2) is 4.40 Å². The summed E-state index contributed by atoms with van der Waals surface area (Å²) >= 11 is 1.52. The quantitative estimate of drug-likeness (QED) is 0.656. The third-order valence-corrected chi connectivity index (χ3v) is 3.97. The second-order valence-corrected chi connectivity index (χ2v) is 5.53. The molecule has 2 aliphatic heterocycles. The predicted octanol–water partition coefficient (Wildman–Crippen LogP) is 5.43. The smallest absolute Gasteiger partial charge is 0.0453 e. The third kappa shape index (κ3) is 3.77. The Morgan fingerprint density at radius 2 is 1.55 bits per heavy atom. The average Bonchev–Trinajstić information content (AvgIpc) is 2.95. The monoisotopic (exact) mass is 304 g/mol. The first-order chi connectivity index (χ1) is 10.9. The topological polar surface area (TPSA) is 24.4 Å². The normalized spacial score (nSPS) is 13.8. The Labute approximate surface area is 135 Å². The van der Waals surface area contributed by atoms with E-state index in [0.717, 1.165) is 5.69 Å². The maximum Gasteiger partial charge on any atom is 0.0453 e. The molecule has 0 saturated heterocycles. The van der Waals surface area contributed by atoms with Gasteiger partial charge in [0.2, 0.25) is 0 Å². The van der Waals surface area contributed by atoms with E-state index in [1.807, 2.05) is 54.9 Å². The van der Waals surface area contributed by atoms with Crippen LogP contribution in [0.5, 0.6) is 0 Å². The van der Waals surface area contributed by atoms with Crippen molar-refractivity contribution in [3.63, 3.8) is 0 Å². The molecule has 2 heterocycles. The largest absolute Gasteiger partial charge is 0.361 e. The van der Waals surface area contributed by atoms with E-state index in [-0.39, 0.29) is 0 Å². The molecule has 0 fully saturated rings. The number of allylic oxidation sites excluding steroid dienone is 3. The Bertz CT molecular complexity index is 692. The lowest BCUT2D eigenvalue weighted by Gasteiger charge is -2.01. The summed E-state index contributed by atoms with van der Waals surface area (Å²) in [5.41, 5.74) is 3.64. The van der Waals surface area contributed by atoms with Gasteiger partial charge in [-0.3, -0.25) is 0 Å². The third-order valence-electron chi connectivity index (χ3n) is 3.18. The zero-order valence-corrected chi connectivity index (χ0v) is 12.8. The van der Waals surface area contributed by atoms with Crippen molar-refractivity contribution in [1.82, 2.24) is 0 Å². The zero-order chi connectivity index (χ0) is 15.0. The number of fused-ring (bicyclic) bond motifs is 2. The van der Waals surface area contributed by atoms with E-state index < -0.39 is 0 Å². The second-order valence-electron chi connectivity index (χ2n) is 4.69. The molecule has 2 aliphatic rings. The summed E-state index contributed by atoms with van der Waals surface area (Å²) in [7, 11) is 0. The van der Waals surface area contributed by atoms with E-state index in [0.29, 0.717) is 0 Å². The van der Waals surface area contributed by atoms with Crippen molar-refractivity contribution in [3.8, 4) is 0 Å². The van der Waals surface area contributed by atoms with Gasteiger partial charge in [-0.05, 0) is 35.4 Å². The van der Waals surface area contributed by atoms with E-state index in [4.69, 9.17) is 0 Å². The van der Waals surface area contributed by atoms with Crippen LogP contribution in [-0.4, -0.2) is 6.21 Å². The second kappa shape index (κ2) is 7.48. The average molecular weight is 304 g/mol. The first-order valence-electron chi connectivity index (χ1n) is 7.08. The molecule has 0 amide bonds. The molecule has 0 spiro atoms. The Hall–Kier alpha value is -2.52. The minimum absolute atomic E-state index is 1.16. The van der Waals surface area contributed by atoms with Crippen molar-refractivity contribution in [1.29, 1.82) is 0 Å². The predicted molar refractivity (Wildman–Crippen MR) is 98.1 cm³/mol. The van der Waals surface area contributed by atoms with Crippen LogP contribution >= 0.6 is 11.9 Å². The number of anilines is 1. The highest BCUT2D eigenvalue weighted by molar-refractivity contribution is 7.98. The molecule has 22 heavy (non-hydrogen) atoms. The molecule has 2 aromatic rings. The summed E-state index contributed by atoms with van der Waals surface area (Å²) in [4.78, 5) is 1.22. The molecular weight excluding hydrogens is 288 g/mol. The van der Waals surface area contributed by atoms with Crippen LogP contribution in [0.25, 0.3) is 12.2 Å². The molecule has 0 aliphatic carbocycles. The van der Waals surface area contributed by atoms with Crippen molar-refractivity contribution < 1.29 is 0 Å². The van der Waals surface area contributed by atoms with Gasteiger partial charge in [0.25, 0.3) is 0 Å². The summed E-state index contributed by atoms with van der Waals surface area (Å²) in [5.74, 6) is 0. The van der Waals surface area contributed by atoms with Gasteiger partial charge in [0.15, 0.2) is 0 Å². The summed E-state index contributed by atoms with van der Waals surface area (Å²) < 4.78 is 4.12. The van der Waals surface area contributed by atoms with Gasteiger partial charge < -0.3 is 5.32 Å². The van der Waals surface area contributed by atoms with Crippen LogP contribution < -0.4 is 5.32 Å². The van der Waals surface area contributed by atoms with Crippen LogP contribution in [0, 0.1) is 0 Å². The molecule has 0 atom stereocenters. The number of benzene rings is 2. The summed E-state index contributed by atoms with van der Waals surface area (Å²) in [6.45, 7) is 0. The number of rotatable bonds is 0. The lowest BCUT2D eigenvalue weighted by molar-refractivity contribution is 1.43. The minimum Gasteiger partial charge on any atom is -0.361 e. The van der Waals surface area contributed by atoms with Crippen molar-refractivity contribution in [3.05, 3.63) is 84.1 Å². The first-order valence-corrected chi connectivity index (χ1v) is 7.86. The molecule has 0 bridgehead atoms. The number of nitrogens with one attached hydrogen (secondary N) is 1. The number of hydrogen-bond acceptors (Lipinski definition) is 3. The van der Waals surface area contributed by atoms with Gasteiger partial charge in [0.05, 0.1) is 0 Å². The van der Waals surface area contributed by atoms with Gasteiger partial charge in [-0.2, -0.15) is 0 Å². The van der Waals surface area contributed by atoms with Crippen molar-refractivity contribution in [2.45, 2.75) is 4.90 Å². The van der Waals surface area contributed by atoms with Gasteiger partial charge in [0.1, 0.15) is 0 Å². The molecule has 108 valence electrons. The maximum atomic E-state index is 4.12. The lowest BCUT2D eigenvalue weighted by atomic mass is 10.2. The van der Waals surface area contributed by atoms with Gasteiger partial charge >= 0.3 is 0 Å². The van der Waals surface area contributed by atoms with Gasteiger partial charge in [-0.15, -0.1) is 0 Å². The summed E-state index contributed by atoms with van der Waals surface area (Å²) in [6, 6.07) is 16.5. The Morgan fingerprint density at radius 3 is 2.50 bits per heavy atom. The van der Waals surface area contributed by atoms with E-state index in [1.54, 1.807) is 0 Å². The number of hydrogen-bond donors (Lipinski definition) is 1. The summed E-state index contributed by atoms with van der Waals surface area (Å²) in [6.07, 6.45) is 13.9. The van der Waals surface area contributed by atoms with Crippen LogP contribution in [0.1, 0.15) is 11.1 Å². The first kappa shape index (κ1) is 14.4. The zero-order valence-electron chi connectivity index (χ0n) is 12.0. The van der Waals surface area contributed by atoms with E-state index >= 15 is 0 Å². The van der Waals surface area contributed by atoms with Crippen LogP contribution in [-0.2, 0) is 0 Å². The fraction of sp³-hybridized carbons (Fsp3) is 0. The van der Waals surface area contributed by atoms with Crippen LogP contribution in [0.4, 0.5) is 5.69 Å². The van der Waals surface area contributed by atoms with Crippen LogP contribution in [0.15, 0.2) is 82.3 Å². The number of nitrogens with zero attached hydrogens (tertiary/aromatic N) is 1. The Morgan fingerprint density at radius 1 is 0.773 bits per heavy atom. The van der Waals surface area contributed by atoms with Crippen molar-refractivity contribution in [2.24, 2.45) is 4.40 Å². The SMILES string of the molecule is C1=CNc2ccccc2C=C1.C1=Cc2ccccc2SN=C1. The van der Waals surface area contributed by atoms with Crippen LogP contribution in [0.3, 0.4) is 0 Å². The van der Waals surface area contributed by atoms with E-state index in [1.165, 1.54) is 28.0 Å². The molecule has 0 saturated carbocycles. The highest BCUT2D eigenvalue weighted by Gasteiger charge is 1.98. The molecular formula is C19H16N2S. The molecule has 0 aromatic heterocycles. The maximum absolute atomic E-state index is 4.12. The molecule has 0 unspecified atom stereocenters. The molecule has 3 heteroatoms. The molecule has 2 aromatic carbocycles. The lowest BCUT2D eigenvalue weighted by Crippen LogP contribution is -1.87. The van der Waals surface area contributed by atoms with Crippen LogP contribution in [0.2, 0.25) is 0 Å². The molecule has 2 nitrogen and oxygen atoms in total. The molecule has 0 radical (unpaired) electrons. The Balaban J connectivity index is 0.000000131.